The van der Waals surface area contributed by atoms with Crippen molar-refractivity contribution in [3.05, 3.63) is 47.8 Å². The van der Waals surface area contributed by atoms with E-state index in [0.717, 1.165) is 22.3 Å². The summed E-state index contributed by atoms with van der Waals surface area (Å²) in [6.07, 6.45) is 4.28. The van der Waals surface area contributed by atoms with Crippen LogP contribution >= 0.6 is 11.8 Å². The highest BCUT2D eigenvalue weighted by Crippen LogP contribution is 2.25. The monoisotopic (exact) mass is 230 g/mol. The highest BCUT2D eigenvalue weighted by Gasteiger charge is 2.02. The quantitative estimate of drug-likeness (QED) is 0.600. The van der Waals surface area contributed by atoms with Crippen LogP contribution < -0.4 is 0 Å². The molecular formula is C12H10N2OS. The number of aldehydes is 1. The fraction of sp³-hybridized carbons (Fsp3) is 0.0833. The zero-order valence-electron chi connectivity index (χ0n) is 8.75. The van der Waals surface area contributed by atoms with Gasteiger partial charge in [0.1, 0.15) is 6.29 Å². The van der Waals surface area contributed by atoms with Gasteiger partial charge in [0, 0.05) is 22.9 Å². The largest absolute Gasteiger partial charge is 0.298 e. The van der Waals surface area contributed by atoms with E-state index >= 15 is 0 Å². The first-order chi connectivity index (χ1) is 7.79. The highest BCUT2D eigenvalue weighted by atomic mass is 32.2. The molecule has 1 aromatic heterocycles. The van der Waals surface area contributed by atoms with E-state index in [1.54, 1.807) is 18.5 Å². The summed E-state index contributed by atoms with van der Waals surface area (Å²) in [5.41, 5.74) is 1.69. The van der Waals surface area contributed by atoms with Crippen molar-refractivity contribution in [3.8, 4) is 0 Å². The topological polar surface area (TPSA) is 42.9 Å². The standard InChI is InChI=1S/C12H10N2OS/c1-9-7-11(4-3-10(9)8-15)16-12-13-5-2-6-14-12/h2-8H,1H3. The molecule has 2 aromatic rings. The van der Waals surface area contributed by atoms with Gasteiger partial charge in [-0.05, 0) is 42.4 Å². The Hall–Kier alpha value is -1.68. The third kappa shape index (κ3) is 2.46. The predicted octanol–water partition coefficient (Wildman–Crippen LogP) is 2.75. The minimum atomic E-state index is 0.709. The summed E-state index contributed by atoms with van der Waals surface area (Å²) in [6, 6.07) is 7.46. The number of aryl methyl sites for hydroxylation is 1. The summed E-state index contributed by atoms with van der Waals surface area (Å²) in [5, 5.41) is 0.709. The van der Waals surface area contributed by atoms with Crippen LogP contribution in [0.25, 0.3) is 0 Å². The maximum absolute atomic E-state index is 10.7. The first kappa shape index (κ1) is 10.8. The second kappa shape index (κ2) is 4.90. The van der Waals surface area contributed by atoms with Gasteiger partial charge in [-0.1, -0.05) is 6.07 Å². The molecule has 1 heterocycles. The lowest BCUT2D eigenvalue weighted by molar-refractivity contribution is 0.112. The van der Waals surface area contributed by atoms with E-state index in [1.165, 1.54) is 11.8 Å². The Morgan fingerprint density at radius 2 is 2.00 bits per heavy atom. The van der Waals surface area contributed by atoms with E-state index in [1.807, 2.05) is 25.1 Å². The third-order valence-electron chi connectivity index (χ3n) is 2.12. The van der Waals surface area contributed by atoms with E-state index < -0.39 is 0 Å². The molecule has 0 fully saturated rings. The molecule has 0 amide bonds. The number of carbonyl (C=O) groups excluding carboxylic acids is 1. The Labute approximate surface area is 97.9 Å². The van der Waals surface area contributed by atoms with Crippen molar-refractivity contribution in [1.29, 1.82) is 0 Å². The van der Waals surface area contributed by atoms with Crippen LogP contribution in [0.1, 0.15) is 15.9 Å². The molecule has 3 nitrogen and oxygen atoms in total. The number of benzene rings is 1. The van der Waals surface area contributed by atoms with E-state index in [-0.39, 0.29) is 0 Å². The number of aromatic nitrogens is 2. The zero-order valence-corrected chi connectivity index (χ0v) is 9.57. The molecule has 0 spiro atoms. The molecule has 2 rings (SSSR count). The fourth-order valence-corrected chi connectivity index (χ4v) is 2.10. The molecular weight excluding hydrogens is 220 g/mol. The van der Waals surface area contributed by atoms with Gasteiger partial charge in [0.05, 0.1) is 0 Å². The second-order valence-electron chi connectivity index (χ2n) is 3.27. The van der Waals surface area contributed by atoms with E-state index in [4.69, 9.17) is 0 Å². The predicted molar refractivity (Wildman–Crippen MR) is 62.7 cm³/mol. The number of carbonyl (C=O) groups is 1. The Morgan fingerprint density at radius 3 is 2.62 bits per heavy atom. The molecule has 0 aliphatic rings. The molecule has 0 N–H and O–H groups in total. The van der Waals surface area contributed by atoms with Crippen LogP contribution in [0, 0.1) is 6.92 Å². The van der Waals surface area contributed by atoms with Crippen molar-refractivity contribution in [2.45, 2.75) is 17.0 Å². The second-order valence-corrected chi connectivity index (χ2v) is 4.31. The molecule has 0 saturated heterocycles. The van der Waals surface area contributed by atoms with Crippen LogP contribution in [-0.2, 0) is 0 Å². The fourth-order valence-electron chi connectivity index (χ4n) is 1.29. The number of hydrogen-bond donors (Lipinski definition) is 0. The van der Waals surface area contributed by atoms with Crippen molar-refractivity contribution in [2.75, 3.05) is 0 Å². The first-order valence-corrected chi connectivity index (χ1v) is 5.62. The minimum absolute atomic E-state index is 0.709. The van der Waals surface area contributed by atoms with Crippen LogP contribution in [0.2, 0.25) is 0 Å². The summed E-state index contributed by atoms with van der Waals surface area (Å²) >= 11 is 1.48. The van der Waals surface area contributed by atoms with Gasteiger partial charge in [-0.15, -0.1) is 0 Å². The normalized spacial score (nSPS) is 10.1. The molecule has 0 saturated carbocycles. The third-order valence-corrected chi connectivity index (χ3v) is 3.00. The Kier molecular flexibility index (Phi) is 3.31. The lowest BCUT2D eigenvalue weighted by Crippen LogP contribution is -1.87. The van der Waals surface area contributed by atoms with Gasteiger partial charge in [0.25, 0.3) is 0 Å². The van der Waals surface area contributed by atoms with Gasteiger partial charge in [-0.3, -0.25) is 4.79 Å². The van der Waals surface area contributed by atoms with E-state index in [9.17, 15) is 4.79 Å². The number of rotatable bonds is 3. The van der Waals surface area contributed by atoms with Gasteiger partial charge >= 0.3 is 0 Å². The molecule has 0 aliphatic heterocycles. The Morgan fingerprint density at radius 1 is 1.25 bits per heavy atom. The summed E-state index contributed by atoms with van der Waals surface area (Å²) in [6.45, 7) is 1.92. The zero-order chi connectivity index (χ0) is 11.4. The van der Waals surface area contributed by atoms with Crippen molar-refractivity contribution in [2.24, 2.45) is 0 Å². The van der Waals surface area contributed by atoms with Gasteiger partial charge in [0.2, 0.25) is 0 Å². The molecule has 1 aromatic carbocycles. The molecule has 16 heavy (non-hydrogen) atoms. The maximum atomic E-state index is 10.7. The molecule has 0 unspecified atom stereocenters. The van der Waals surface area contributed by atoms with Crippen molar-refractivity contribution < 1.29 is 4.79 Å². The maximum Gasteiger partial charge on any atom is 0.192 e. The molecule has 80 valence electrons. The molecule has 0 aliphatic carbocycles. The van der Waals surface area contributed by atoms with Crippen LogP contribution in [0.5, 0.6) is 0 Å². The van der Waals surface area contributed by atoms with E-state index in [2.05, 4.69) is 9.97 Å². The van der Waals surface area contributed by atoms with Gasteiger partial charge in [-0.2, -0.15) is 0 Å². The Balaban J connectivity index is 2.23. The summed E-state index contributed by atoms with van der Waals surface area (Å²) in [5.74, 6) is 0. The average molecular weight is 230 g/mol. The molecule has 0 atom stereocenters. The van der Waals surface area contributed by atoms with Crippen LogP contribution in [-0.4, -0.2) is 16.3 Å². The van der Waals surface area contributed by atoms with Crippen molar-refractivity contribution in [1.82, 2.24) is 9.97 Å². The van der Waals surface area contributed by atoms with Crippen molar-refractivity contribution >= 4 is 18.0 Å². The SMILES string of the molecule is Cc1cc(Sc2ncccn2)ccc1C=O. The molecule has 0 bridgehead atoms. The summed E-state index contributed by atoms with van der Waals surface area (Å²) in [7, 11) is 0. The highest BCUT2D eigenvalue weighted by molar-refractivity contribution is 7.99. The van der Waals surface area contributed by atoms with Gasteiger partial charge in [-0.25, -0.2) is 9.97 Å². The number of hydrogen-bond acceptors (Lipinski definition) is 4. The Bertz CT molecular complexity index is 500. The molecule has 0 radical (unpaired) electrons. The van der Waals surface area contributed by atoms with Crippen LogP contribution in [0.3, 0.4) is 0 Å². The van der Waals surface area contributed by atoms with Crippen molar-refractivity contribution in [3.63, 3.8) is 0 Å². The van der Waals surface area contributed by atoms with Crippen LogP contribution in [0.4, 0.5) is 0 Å². The first-order valence-electron chi connectivity index (χ1n) is 4.80. The van der Waals surface area contributed by atoms with Gasteiger partial charge in [0.15, 0.2) is 5.16 Å². The van der Waals surface area contributed by atoms with E-state index in [0.29, 0.717) is 5.16 Å². The number of nitrogens with zero attached hydrogens (tertiary/aromatic N) is 2. The lowest BCUT2D eigenvalue weighted by atomic mass is 10.1. The molecule has 4 heteroatoms. The lowest BCUT2D eigenvalue weighted by Gasteiger charge is -2.02. The summed E-state index contributed by atoms with van der Waals surface area (Å²) < 4.78 is 0. The summed E-state index contributed by atoms with van der Waals surface area (Å²) in [4.78, 5) is 20.0. The smallest absolute Gasteiger partial charge is 0.192 e. The van der Waals surface area contributed by atoms with Crippen LogP contribution in [0.15, 0.2) is 46.7 Å². The minimum Gasteiger partial charge on any atom is -0.298 e. The average Bonchev–Trinajstić information content (AvgIpc) is 2.31. The van der Waals surface area contributed by atoms with Gasteiger partial charge < -0.3 is 0 Å².